The van der Waals surface area contributed by atoms with Gasteiger partial charge in [-0.1, -0.05) is 6.07 Å². The normalized spacial score (nSPS) is 20.1. The van der Waals surface area contributed by atoms with Crippen LogP contribution in [0.25, 0.3) is 0 Å². The zero-order valence-electron chi connectivity index (χ0n) is 10.5. The number of halogens is 2. The molecule has 1 fully saturated rings. The fraction of sp³-hybridized carbons (Fsp3) is 0.417. The molecule has 2 rings (SSSR count). The van der Waals surface area contributed by atoms with E-state index in [0.29, 0.717) is 10.2 Å². The fourth-order valence-corrected chi connectivity index (χ4v) is 3.89. The van der Waals surface area contributed by atoms with Crippen molar-refractivity contribution in [2.45, 2.75) is 25.5 Å². The summed E-state index contributed by atoms with van der Waals surface area (Å²) in [5, 5.41) is -1.27. The number of hydrogen-bond acceptors (Lipinski definition) is 3. The summed E-state index contributed by atoms with van der Waals surface area (Å²) < 4.78 is 35.6. The zero-order chi connectivity index (χ0) is 14.4. The Morgan fingerprint density at radius 2 is 2.00 bits per heavy atom. The molecule has 0 saturated carbocycles. The number of amides is 1. The first kappa shape index (κ1) is 14.5. The molecule has 0 bridgehead atoms. The molecule has 0 N–H and O–H groups in total. The lowest BCUT2D eigenvalue weighted by Gasteiger charge is -2.21. The van der Waals surface area contributed by atoms with Crippen LogP contribution in [0.2, 0.25) is 0 Å². The summed E-state index contributed by atoms with van der Waals surface area (Å²) in [6, 6.07) is 3.73. The molecule has 1 aromatic carbocycles. The second-order valence-corrected chi connectivity index (χ2v) is 7.19. The van der Waals surface area contributed by atoms with E-state index in [9.17, 15) is 17.1 Å². The van der Waals surface area contributed by atoms with Crippen molar-refractivity contribution in [2.75, 3.05) is 11.4 Å². The van der Waals surface area contributed by atoms with Crippen molar-refractivity contribution in [2.24, 2.45) is 0 Å². The lowest BCUT2D eigenvalue weighted by Crippen LogP contribution is -2.28. The number of nitrogens with zero attached hydrogens (tertiary/aromatic N) is 1. The first-order valence-electron chi connectivity index (χ1n) is 5.70. The molecule has 19 heavy (non-hydrogen) atoms. The van der Waals surface area contributed by atoms with E-state index >= 15 is 0 Å². The Hall–Kier alpha value is -0.950. The second-order valence-electron chi connectivity index (χ2n) is 4.72. The molecule has 1 aliphatic heterocycles. The number of anilines is 1. The van der Waals surface area contributed by atoms with Crippen LogP contribution in [0.5, 0.6) is 0 Å². The molecular weight excluding hydrogens is 337 g/mol. The largest absolute Gasteiger partial charge is 0.310 e. The van der Waals surface area contributed by atoms with Crippen LogP contribution in [-0.2, 0) is 15.0 Å². The quantitative estimate of drug-likeness (QED) is 0.770. The molecule has 1 aromatic rings. The third-order valence-corrected chi connectivity index (χ3v) is 4.87. The highest BCUT2D eigenvalue weighted by atomic mass is 79.9. The summed E-state index contributed by atoms with van der Waals surface area (Å²) in [4.78, 5) is 13.2. The van der Waals surface area contributed by atoms with Crippen LogP contribution < -0.4 is 4.90 Å². The van der Waals surface area contributed by atoms with Crippen molar-refractivity contribution < 1.29 is 17.1 Å². The van der Waals surface area contributed by atoms with Gasteiger partial charge in [-0.2, -0.15) is 8.42 Å². The Bertz CT molecular complexity index is 621. The summed E-state index contributed by atoms with van der Waals surface area (Å²) in [7, 11) is -4.69. The smallest absolute Gasteiger partial charge is 0.307 e. The van der Waals surface area contributed by atoms with Gasteiger partial charge in [-0.3, -0.25) is 4.79 Å². The molecule has 4 nitrogen and oxygen atoms in total. The minimum Gasteiger partial charge on any atom is -0.310 e. The van der Waals surface area contributed by atoms with Crippen molar-refractivity contribution in [3.05, 3.63) is 27.7 Å². The molecular formula is C12H13BrFNO3S. The zero-order valence-corrected chi connectivity index (χ0v) is 12.9. The minimum atomic E-state index is -4.69. The average Bonchev–Trinajstić information content (AvgIpc) is 2.59. The monoisotopic (exact) mass is 349 g/mol. The number of carbonyl (C=O) groups is 1. The number of aryl methyl sites for hydroxylation is 2. The van der Waals surface area contributed by atoms with Gasteiger partial charge in [0.2, 0.25) is 5.91 Å². The van der Waals surface area contributed by atoms with Gasteiger partial charge in [-0.25, -0.2) is 0 Å². The number of hydrogen-bond donors (Lipinski definition) is 0. The molecule has 7 heteroatoms. The summed E-state index contributed by atoms with van der Waals surface area (Å²) in [6.07, 6.45) is -0.307. The third kappa shape index (κ3) is 2.81. The Kier molecular flexibility index (Phi) is 3.70. The molecule has 0 aliphatic carbocycles. The lowest BCUT2D eigenvalue weighted by molar-refractivity contribution is -0.117. The van der Waals surface area contributed by atoms with E-state index < -0.39 is 15.5 Å². The van der Waals surface area contributed by atoms with E-state index in [1.165, 1.54) is 4.90 Å². The topological polar surface area (TPSA) is 54.5 Å². The molecule has 0 spiro atoms. The molecule has 1 unspecified atom stereocenters. The van der Waals surface area contributed by atoms with Crippen molar-refractivity contribution in [3.8, 4) is 0 Å². The SMILES string of the molecule is Cc1cc(C)c(N2CC(S(=O)(=O)F)CC2=O)c(Br)c1. The molecule has 1 amide bonds. The van der Waals surface area contributed by atoms with Gasteiger partial charge in [-0.15, -0.1) is 3.89 Å². The maximum Gasteiger partial charge on any atom is 0.307 e. The van der Waals surface area contributed by atoms with Gasteiger partial charge < -0.3 is 4.90 Å². The fourth-order valence-electron chi connectivity index (χ4n) is 2.33. The standard InChI is InChI=1S/C12H13BrFNO3S/c1-7-3-8(2)12(10(13)4-7)15-6-9(5-11(15)16)19(14,17)18/h3-4,9H,5-6H2,1-2H3. The van der Waals surface area contributed by atoms with Crippen LogP contribution in [0, 0.1) is 13.8 Å². The Labute approximate surface area is 119 Å². The lowest BCUT2D eigenvalue weighted by atomic mass is 10.1. The van der Waals surface area contributed by atoms with E-state index in [4.69, 9.17) is 0 Å². The Morgan fingerprint density at radius 1 is 1.37 bits per heavy atom. The van der Waals surface area contributed by atoms with Crippen LogP contribution in [-0.4, -0.2) is 26.1 Å². The van der Waals surface area contributed by atoms with Crippen molar-refractivity contribution in [1.29, 1.82) is 0 Å². The van der Waals surface area contributed by atoms with Crippen molar-refractivity contribution >= 4 is 37.7 Å². The molecule has 1 saturated heterocycles. The van der Waals surface area contributed by atoms with Gasteiger partial charge in [0.15, 0.2) is 0 Å². The number of benzene rings is 1. The van der Waals surface area contributed by atoms with Crippen LogP contribution in [0.1, 0.15) is 17.5 Å². The maximum absolute atomic E-state index is 13.0. The molecule has 1 aliphatic rings. The Morgan fingerprint density at radius 3 is 2.47 bits per heavy atom. The van der Waals surface area contributed by atoms with Gasteiger partial charge in [-0.05, 0) is 47.0 Å². The summed E-state index contributed by atoms with van der Waals surface area (Å²) >= 11 is 3.37. The minimum absolute atomic E-state index is 0.139. The summed E-state index contributed by atoms with van der Waals surface area (Å²) in [6.45, 7) is 3.61. The van der Waals surface area contributed by atoms with E-state index in [1.54, 1.807) is 0 Å². The second kappa shape index (κ2) is 4.86. The van der Waals surface area contributed by atoms with Crippen molar-refractivity contribution in [3.63, 3.8) is 0 Å². The predicted molar refractivity (Wildman–Crippen MR) is 74.4 cm³/mol. The molecule has 1 heterocycles. The van der Waals surface area contributed by atoms with E-state index in [2.05, 4.69) is 15.9 Å². The van der Waals surface area contributed by atoms with Gasteiger partial charge in [0.1, 0.15) is 5.25 Å². The Balaban J connectivity index is 2.42. The molecule has 0 aromatic heterocycles. The van der Waals surface area contributed by atoms with Crippen LogP contribution in [0.3, 0.4) is 0 Å². The number of carbonyl (C=O) groups excluding carboxylic acids is 1. The van der Waals surface area contributed by atoms with Crippen molar-refractivity contribution in [1.82, 2.24) is 0 Å². The molecule has 0 radical (unpaired) electrons. The van der Waals surface area contributed by atoms with Gasteiger partial charge in [0, 0.05) is 17.4 Å². The maximum atomic E-state index is 13.0. The summed E-state index contributed by atoms with van der Waals surface area (Å²) in [5.41, 5.74) is 2.48. The predicted octanol–water partition coefficient (Wildman–Crippen LogP) is 2.47. The van der Waals surface area contributed by atoms with Crippen LogP contribution >= 0.6 is 15.9 Å². The average molecular weight is 350 g/mol. The highest BCUT2D eigenvalue weighted by molar-refractivity contribution is 9.10. The van der Waals surface area contributed by atoms with E-state index in [0.717, 1.165) is 11.1 Å². The molecule has 104 valence electrons. The molecule has 1 atom stereocenters. The van der Waals surface area contributed by atoms with Crippen LogP contribution in [0.15, 0.2) is 16.6 Å². The van der Waals surface area contributed by atoms with Gasteiger partial charge in [0.05, 0.1) is 5.69 Å². The van der Waals surface area contributed by atoms with Gasteiger partial charge >= 0.3 is 10.2 Å². The van der Waals surface area contributed by atoms with E-state index in [-0.39, 0.29) is 18.9 Å². The van der Waals surface area contributed by atoms with E-state index in [1.807, 2.05) is 26.0 Å². The number of rotatable bonds is 2. The van der Waals surface area contributed by atoms with Gasteiger partial charge in [0.25, 0.3) is 0 Å². The summed E-state index contributed by atoms with van der Waals surface area (Å²) in [5.74, 6) is -0.376. The highest BCUT2D eigenvalue weighted by Crippen LogP contribution is 2.35. The third-order valence-electron chi connectivity index (χ3n) is 3.16. The first-order chi connectivity index (χ1) is 8.70. The first-order valence-corrected chi connectivity index (χ1v) is 7.94. The van der Waals surface area contributed by atoms with Crippen LogP contribution in [0.4, 0.5) is 9.57 Å². The highest BCUT2D eigenvalue weighted by Gasteiger charge is 2.40.